The highest BCUT2D eigenvalue weighted by Gasteiger charge is 2.20. The van der Waals surface area contributed by atoms with Crippen molar-refractivity contribution < 1.29 is 19.5 Å². The highest BCUT2D eigenvalue weighted by molar-refractivity contribution is 6.09. The summed E-state index contributed by atoms with van der Waals surface area (Å²) >= 11 is 0. The summed E-state index contributed by atoms with van der Waals surface area (Å²) in [5.41, 5.74) is 1.64. The van der Waals surface area contributed by atoms with Crippen LogP contribution >= 0.6 is 0 Å². The van der Waals surface area contributed by atoms with E-state index in [-0.39, 0.29) is 12.0 Å². The van der Waals surface area contributed by atoms with E-state index in [0.717, 1.165) is 41.1 Å². The van der Waals surface area contributed by atoms with Crippen LogP contribution in [0.3, 0.4) is 0 Å². The van der Waals surface area contributed by atoms with Gasteiger partial charge in [0.25, 0.3) is 0 Å². The zero-order chi connectivity index (χ0) is 15.8. The van der Waals surface area contributed by atoms with Crippen molar-refractivity contribution in [3.8, 4) is 0 Å². The number of aromatic nitrogens is 2. The van der Waals surface area contributed by atoms with E-state index in [0.29, 0.717) is 6.61 Å². The number of carboxylic acids is 1. The lowest BCUT2D eigenvalue weighted by atomic mass is 10.1. The zero-order valence-electron chi connectivity index (χ0n) is 12.4. The second-order valence-corrected chi connectivity index (χ2v) is 5.60. The Morgan fingerprint density at radius 3 is 2.91 bits per heavy atom. The summed E-state index contributed by atoms with van der Waals surface area (Å²) in [6, 6.07) is 9.32. The van der Waals surface area contributed by atoms with Gasteiger partial charge in [0.2, 0.25) is 6.29 Å². The largest absolute Gasteiger partial charge is 0.477 e. The number of para-hydroxylation sites is 1. The van der Waals surface area contributed by atoms with Gasteiger partial charge in [-0.05, 0) is 25.0 Å². The first-order chi connectivity index (χ1) is 11.2. The first kappa shape index (κ1) is 14.0. The summed E-state index contributed by atoms with van der Waals surface area (Å²) in [5.74, 6) is -1.04. The molecule has 118 valence electrons. The monoisotopic (exact) mass is 312 g/mol. The fraction of sp³-hybridized carbons (Fsp3) is 0.294. The Bertz CT molecular complexity index is 881. The second-order valence-electron chi connectivity index (χ2n) is 5.60. The predicted octanol–water partition coefficient (Wildman–Crippen LogP) is 2.84. The van der Waals surface area contributed by atoms with E-state index in [1.165, 1.54) is 0 Å². The topological polar surface area (TPSA) is 73.6 Å². The van der Waals surface area contributed by atoms with Crippen LogP contribution in [-0.2, 0) is 4.74 Å². The van der Waals surface area contributed by atoms with Crippen LogP contribution in [0.5, 0.6) is 0 Å². The fourth-order valence-electron chi connectivity index (χ4n) is 2.98. The number of pyridine rings is 1. The van der Waals surface area contributed by atoms with E-state index in [2.05, 4.69) is 4.98 Å². The third-order valence-corrected chi connectivity index (χ3v) is 4.09. The van der Waals surface area contributed by atoms with Crippen LogP contribution in [0.15, 0.2) is 36.5 Å². The van der Waals surface area contributed by atoms with Crippen LogP contribution in [0.25, 0.3) is 21.8 Å². The summed E-state index contributed by atoms with van der Waals surface area (Å²) in [4.78, 5) is 21.2. The molecule has 0 amide bonds. The molecule has 3 aromatic rings. The minimum atomic E-state index is -1.04. The maximum absolute atomic E-state index is 11.2. The molecule has 0 bridgehead atoms. The van der Waals surface area contributed by atoms with Gasteiger partial charge in [0.05, 0.1) is 18.3 Å². The Morgan fingerprint density at radius 2 is 2.13 bits per heavy atom. The van der Waals surface area contributed by atoms with Crippen molar-refractivity contribution in [1.82, 2.24) is 9.71 Å². The molecule has 1 saturated heterocycles. The van der Waals surface area contributed by atoms with E-state index < -0.39 is 5.97 Å². The van der Waals surface area contributed by atoms with Gasteiger partial charge in [0, 0.05) is 17.2 Å². The molecule has 1 aromatic carbocycles. The van der Waals surface area contributed by atoms with E-state index in [9.17, 15) is 4.79 Å². The number of rotatable bonds is 3. The van der Waals surface area contributed by atoms with E-state index in [4.69, 9.17) is 14.7 Å². The van der Waals surface area contributed by atoms with Gasteiger partial charge in [-0.3, -0.25) is 0 Å². The number of ether oxygens (including phenoxy) is 1. The van der Waals surface area contributed by atoms with Gasteiger partial charge >= 0.3 is 5.97 Å². The van der Waals surface area contributed by atoms with Crippen LogP contribution in [0.1, 0.15) is 29.8 Å². The third-order valence-electron chi connectivity index (χ3n) is 4.09. The molecule has 1 N–H and O–H groups in total. The van der Waals surface area contributed by atoms with Crippen LogP contribution < -0.4 is 4.84 Å². The minimum absolute atomic E-state index is 0.0225. The molecule has 2 aromatic heterocycles. The van der Waals surface area contributed by atoms with Crippen molar-refractivity contribution in [2.75, 3.05) is 6.61 Å². The van der Waals surface area contributed by atoms with Gasteiger partial charge in [-0.25, -0.2) is 9.78 Å². The average Bonchev–Trinajstić information content (AvgIpc) is 2.90. The molecule has 0 saturated carbocycles. The molecule has 0 radical (unpaired) electrons. The fourth-order valence-corrected chi connectivity index (χ4v) is 2.98. The molecule has 0 aliphatic carbocycles. The standard InChI is InChI=1S/C17H16N2O4/c20-17(21)13-9-12-11-5-1-2-6-14(11)19(15(12)10-18-13)23-16-7-3-4-8-22-16/h1-2,5-6,9-10,16H,3-4,7-8H2,(H,20,21). The number of hydrogen-bond donors (Lipinski definition) is 1. The number of aromatic carboxylic acids is 1. The molecule has 1 fully saturated rings. The first-order valence-corrected chi connectivity index (χ1v) is 7.65. The van der Waals surface area contributed by atoms with Crippen molar-refractivity contribution in [2.45, 2.75) is 25.6 Å². The van der Waals surface area contributed by atoms with Crippen LogP contribution in [-0.4, -0.2) is 33.7 Å². The molecular weight excluding hydrogens is 296 g/mol. The summed E-state index contributed by atoms with van der Waals surface area (Å²) < 4.78 is 7.36. The molecule has 6 heteroatoms. The SMILES string of the molecule is O=C(O)c1cc2c3ccccc3n(OC3CCCCO3)c2cn1. The molecule has 23 heavy (non-hydrogen) atoms. The maximum atomic E-state index is 11.2. The Hall–Kier alpha value is -2.60. The third kappa shape index (κ3) is 2.41. The smallest absolute Gasteiger partial charge is 0.354 e. The summed E-state index contributed by atoms with van der Waals surface area (Å²) in [6.45, 7) is 0.698. The van der Waals surface area contributed by atoms with Gasteiger partial charge in [-0.15, -0.1) is 0 Å². The number of hydrogen-bond acceptors (Lipinski definition) is 4. The molecule has 6 nitrogen and oxygen atoms in total. The quantitative estimate of drug-likeness (QED) is 0.805. The van der Waals surface area contributed by atoms with Crippen LogP contribution in [0.4, 0.5) is 0 Å². The normalized spacial score (nSPS) is 18.3. The lowest BCUT2D eigenvalue weighted by molar-refractivity contribution is -0.158. The number of fused-ring (bicyclic) bond motifs is 3. The minimum Gasteiger partial charge on any atom is -0.477 e. The maximum Gasteiger partial charge on any atom is 0.354 e. The molecule has 4 rings (SSSR count). The van der Waals surface area contributed by atoms with E-state index in [1.807, 2.05) is 24.3 Å². The van der Waals surface area contributed by atoms with Gasteiger partial charge < -0.3 is 14.7 Å². The number of carboxylic acid groups (broad SMARTS) is 1. The van der Waals surface area contributed by atoms with E-state index >= 15 is 0 Å². The van der Waals surface area contributed by atoms with Crippen molar-refractivity contribution in [1.29, 1.82) is 0 Å². The van der Waals surface area contributed by atoms with E-state index in [1.54, 1.807) is 17.0 Å². The number of benzene rings is 1. The lowest BCUT2D eigenvalue weighted by Crippen LogP contribution is -2.30. The number of carbonyl (C=O) groups is 1. The predicted molar refractivity (Wildman–Crippen MR) is 84.4 cm³/mol. The molecule has 3 heterocycles. The molecule has 1 unspecified atom stereocenters. The number of nitrogens with zero attached hydrogens (tertiary/aromatic N) is 2. The van der Waals surface area contributed by atoms with Crippen molar-refractivity contribution in [3.63, 3.8) is 0 Å². The molecule has 1 aliphatic rings. The molecule has 1 aliphatic heterocycles. The zero-order valence-corrected chi connectivity index (χ0v) is 12.4. The van der Waals surface area contributed by atoms with Crippen molar-refractivity contribution in [2.24, 2.45) is 0 Å². The second kappa shape index (κ2) is 5.55. The Labute approximate surface area is 132 Å². The highest BCUT2D eigenvalue weighted by Crippen LogP contribution is 2.29. The summed E-state index contributed by atoms with van der Waals surface area (Å²) in [5, 5.41) is 10.9. The molecule has 1 atom stereocenters. The first-order valence-electron chi connectivity index (χ1n) is 7.65. The van der Waals surface area contributed by atoms with Crippen molar-refractivity contribution in [3.05, 3.63) is 42.2 Å². The highest BCUT2D eigenvalue weighted by atomic mass is 16.8. The van der Waals surface area contributed by atoms with Gasteiger partial charge in [-0.2, -0.15) is 4.73 Å². The Morgan fingerprint density at radius 1 is 1.26 bits per heavy atom. The van der Waals surface area contributed by atoms with Crippen LogP contribution in [0.2, 0.25) is 0 Å². The van der Waals surface area contributed by atoms with Crippen LogP contribution in [0, 0.1) is 0 Å². The lowest BCUT2D eigenvalue weighted by Gasteiger charge is -2.24. The van der Waals surface area contributed by atoms with Gasteiger partial charge in [0.15, 0.2) is 0 Å². The molecule has 0 spiro atoms. The average molecular weight is 312 g/mol. The summed E-state index contributed by atoms with van der Waals surface area (Å²) in [6.07, 6.45) is 4.22. The molecular formula is C17H16N2O4. The summed E-state index contributed by atoms with van der Waals surface area (Å²) in [7, 11) is 0. The van der Waals surface area contributed by atoms with Gasteiger partial charge in [-0.1, -0.05) is 18.2 Å². The van der Waals surface area contributed by atoms with Gasteiger partial charge in [0.1, 0.15) is 11.2 Å². The Kier molecular flexibility index (Phi) is 3.38. The van der Waals surface area contributed by atoms with Crippen molar-refractivity contribution >= 4 is 27.8 Å². The Balaban J connectivity index is 1.88.